The topological polar surface area (TPSA) is 58.1 Å². The van der Waals surface area contributed by atoms with Crippen molar-refractivity contribution in [3.63, 3.8) is 0 Å². The maximum Gasteiger partial charge on any atom is 0.317 e. The molecule has 2 aliphatic carbocycles. The lowest BCUT2D eigenvalue weighted by Crippen LogP contribution is -2.46. The first-order valence-corrected chi connectivity index (χ1v) is 9.58. The number of nitrogens with one attached hydrogen (secondary N) is 1. The molecule has 1 aromatic carbocycles. The summed E-state index contributed by atoms with van der Waals surface area (Å²) in [6.45, 7) is 0. The molecule has 2 amide bonds. The molecule has 1 heterocycles. The molecule has 0 radical (unpaired) electrons. The van der Waals surface area contributed by atoms with Crippen LogP contribution in [0.3, 0.4) is 0 Å². The highest BCUT2D eigenvalue weighted by atomic mass is 16.2. The van der Waals surface area contributed by atoms with E-state index in [0.717, 1.165) is 37.8 Å². The van der Waals surface area contributed by atoms with Crippen LogP contribution in [0.15, 0.2) is 48.7 Å². The zero-order valence-electron chi connectivity index (χ0n) is 15.2. The van der Waals surface area contributed by atoms with Crippen LogP contribution in [0.25, 0.3) is 0 Å². The Morgan fingerprint density at radius 1 is 1.12 bits per heavy atom. The SMILES string of the molecule is CN(C(=O)N[C@@H]1C[C@H]1c1ccccc1)[C@@H]1CCCC(c2cccnn2)C1. The third kappa shape index (κ3) is 3.71. The van der Waals surface area contributed by atoms with Gasteiger partial charge in [-0.1, -0.05) is 36.8 Å². The van der Waals surface area contributed by atoms with E-state index in [9.17, 15) is 4.79 Å². The summed E-state index contributed by atoms with van der Waals surface area (Å²) >= 11 is 0. The van der Waals surface area contributed by atoms with Gasteiger partial charge in [0.15, 0.2) is 0 Å². The molecular weight excluding hydrogens is 324 g/mol. The van der Waals surface area contributed by atoms with Crippen molar-refractivity contribution in [3.8, 4) is 0 Å². The monoisotopic (exact) mass is 350 g/mol. The molecule has 5 heteroatoms. The summed E-state index contributed by atoms with van der Waals surface area (Å²) < 4.78 is 0. The number of carbonyl (C=O) groups is 1. The molecular formula is C21H26N4O. The average Bonchev–Trinajstić information content (AvgIpc) is 3.48. The van der Waals surface area contributed by atoms with Gasteiger partial charge in [-0.15, -0.1) is 0 Å². The van der Waals surface area contributed by atoms with Crippen molar-refractivity contribution in [1.82, 2.24) is 20.4 Å². The highest BCUT2D eigenvalue weighted by Crippen LogP contribution is 2.41. The highest BCUT2D eigenvalue weighted by molar-refractivity contribution is 5.75. The minimum absolute atomic E-state index is 0.0539. The lowest BCUT2D eigenvalue weighted by atomic mass is 9.83. The molecule has 26 heavy (non-hydrogen) atoms. The highest BCUT2D eigenvalue weighted by Gasteiger charge is 2.40. The first-order valence-electron chi connectivity index (χ1n) is 9.58. The van der Waals surface area contributed by atoms with Crippen LogP contribution in [0.5, 0.6) is 0 Å². The van der Waals surface area contributed by atoms with Crippen LogP contribution in [0.4, 0.5) is 4.79 Å². The molecule has 0 spiro atoms. The van der Waals surface area contributed by atoms with E-state index in [0.29, 0.717) is 11.8 Å². The second kappa shape index (κ2) is 7.44. The Labute approximate surface area is 154 Å². The third-order valence-corrected chi connectivity index (χ3v) is 5.85. The Hall–Kier alpha value is -2.43. The third-order valence-electron chi connectivity index (χ3n) is 5.85. The van der Waals surface area contributed by atoms with Gasteiger partial charge < -0.3 is 10.2 Å². The summed E-state index contributed by atoms with van der Waals surface area (Å²) in [7, 11) is 1.93. The Kier molecular flexibility index (Phi) is 4.87. The molecule has 1 N–H and O–H groups in total. The van der Waals surface area contributed by atoms with E-state index in [2.05, 4.69) is 45.8 Å². The number of hydrogen-bond acceptors (Lipinski definition) is 3. The number of carbonyl (C=O) groups excluding carboxylic acids is 1. The molecule has 2 aliphatic rings. The first-order chi connectivity index (χ1) is 12.7. The van der Waals surface area contributed by atoms with Gasteiger partial charge in [-0.2, -0.15) is 10.2 Å². The van der Waals surface area contributed by atoms with E-state index in [1.807, 2.05) is 24.1 Å². The van der Waals surface area contributed by atoms with Crippen molar-refractivity contribution in [2.24, 2.45) is 0 Å². The van der Waals surface area contributed by atoms with Crippen LogP contribution in [0.1, 0.15) is 55.2 Å². The molecule has 4 rings (SSSR count). The fourth-order valence-corrected chi connectivity index (χ4v) is 4.16. The van der Waals surface area contributed by atoms with Gasteiger partial charge in [0, 0.05) is 37.2 Å². The van der Waals surface area contributed by atoms with Gasteiger partial charge in [0.25, 0.3) is 0 Å². The molecule has 0 bridgehead atoms. The molecule has 2 saturated carbocycles. The molecule has 5 nitrogen and oxygen atoms in total. The zero-order valence-corrected chi connectivity index (χ0v) is 15.2. The smallest absolute Gasteiger partial charge is 0.317 e. The Balaban J connectivity index is 1.32. The van der Waals surface area contributed by atoms with Gasteiger partial charge in [-0.25, -0.2) is 4.79 Å². The standard InChI is InChI=1S/C21H26N4O/c1-25(17-10-5-9-16(13-17)19-11-6-12-22-24-19)21(26)23-20-14-18(20)15-7-3-2-4-8-15/h2-4,6-8,11-12,16-18,20H,5,9-10,13-14H2,1H3,(H,23,26)/t16?,17-,18+,20-/m1/s1. The zero-order chi connectivity index (χ0) is 17.9. The average molecular weight is 350 g/mol. The van der Waals surface area contributed by atoms with Gasteiger partial charge in [-0.3, -0.25) is 0 Å². The molecule has 0 saturated heterocycles. The Morgan fingerprint density at radius 2 is 1.96 bits per heavy atom. The van der Waals surface area contributed by atoms with Crippen LogP contribution in [0, 0.1) is 0 Å². The van der Waals surface area contributed by atoms with Gasteiger partial charge in [0.1, 0.15) is 0 Å². The lowest BCUT2D eigenvalue weighted by Gasteiger charge is -2.35. The molecule has 4 atom stereocenters. The van der Waals surface area contributed by atoms with E-state index in [-0.39, 0.29) is 18.1 Å². The van der Waals surface area contributed by atoms with Crippen molar-refractivity contribution in [2.45, 2.75) is 56.0 Å². The minimum Gasteiger partial charge on any atom is -0.335 e. The van der Waals surface area contributed by atoms with E-state index < -0.39 is 0 Å². The fraction of sp³-hybridized carbons (Fsp3) is 0.476. The normalized spacial score (nSPS) is 27.6. The predicted octanol–water partition coefficient (Wildman–Crippen LogP) is 3.70. The van der Waals surface area contributed by atoms with Crippen LogP contribution in [-0.2, 0) is 0 Å². The van der Waals surface area contributed by atoms with E-state index in [1.165, 1.54) is 5.56 Å². The summed E-state index contributed by atoms with van der Waals surface area (Å²) in [5, 5.41) is 11.5. The first kappa shape index (κ1) is 17.0. The maximum absolute atomic E-state index is 12.7. The number of nitrogens with zero attached hydrogens (tertiary/aromatic N) is 3. The number of benzene rings is 1. The van der Waals surface area contributed by atoms with Crippen LogP contribution in [-0.4, -0.2) is 40.3 Å². The van der Waals surface area contributed by atoms with Crippen LogP contribution < -0.4 is 5.32 Å². The number of aromatic nitrogens is 2. The maximum atomic E-state index is 12.7. The minimum atomic E-state index is 0.0539. The van der Waals surface area contributed by atoms with Crippen molar-refractivity contribution in [2.75, 3.05) is 7.05 Å². The second-order valence-corrected chi connectivity index (χ2v) is 7.59. The summed E-state index contributed by atoms with van der Waals surface area (Å²) in [5.74, 6) is 0.864. The quantitative estimate of drug-likeness (QED) is 0.915. The molecule has 2 aromatic rings. The molecule has 1 aromatic heterocycles. The number of amides is 2. The number of hydrogen-bond donors (Lipinski definition) is 1. The lowest BCUT2D eigenvalue weighted by molar-refractivity contribution is 0.167. The summed E-state index contributed by atoms with van der Waals surface area (Å²) in [6.07, 6.45) is 7.03. The Morgan fingerprint density at radius 3 is 2.73 bits per heavy atom. The predicted molar refractivity (Wildman–Crippen MR) is 101 cm³/mol. The van der Waals surface area contributed by atoms with Crippen LogP contribution in [0.2, 0.25) is 0 Å². The molecule has 0 aliphatic heterocycles. The molecule has 2 fully saturated rings. The van der Waals surface area contributed by atoms with Crippen molar-refractivity contribution < 1.29 is 4.79 Å². The fourth-order valence-electron chi connectivity index (χ4n) is 4.16. The largest absolute Gasteiger partial charge is 0.335 e. The molecule has 1 unspecified atom stereocenters. The van der Waals surface area contributed by atoms with Crippen molar-refractivity contribution in [1.29, 1.82) is 0 Å². The second-order valence-electron chi connectivity index (χ2n) is 7.59. The van der Waals surface area contributed by atoms with E-state index in [4.69, 9.17) is 0 Å². The van der Waals surface area contributed by atoms with Crippen molar-refractivity contribution >= 4 is 6.03 Å². The molecule has 136 valence electrons. The summed E-state index contributed by atoms with van der Waals surface area (Å²) in [5.41, 5.74) is 2.37. The number of rotatable bonds is 4. The van der Waals surface area contributed by atoms with Crippen LogP contribution >= 0.6 is 0 Å². The van der Waals surface area contributed by atoms with E-state index >= 15 is 0 Å². The van der Waals surface area contributed by atoms with Gasteiger partial charge >= 0.3 is 6.03 Å². The van der Waals surface area contributed by atoms with Gasteiger partial charge in [0.05, 0.1) is 5.69 Å². The van der Waals surface area contributed by atoms with Crippen molar-refractivity contribution in [3.05, 3.63) is 59.9 Å². The van der Waals surface area contributed by atoms with E-state index in [1.54, 1.807) is 6.20 Å². The van der Waals surface area contributed by atoms with Gasteiger partial charge in [-0.05, 0) is 43.4 Å². The Bertz CT molecular complexity index is 736. The number of urea groups is 1. The van der Waals surface area contributed by atoms with Gasteiger partial charge in [0.2, 0.25) is 0 Å². The summed E-state index contributed by atoms with van der Waals surface area (Å²) in [6, 6.07) is 15.0. The summed E-state index contributed by atoms with van der Waals surface area (Å²) in [4.78, 5) is 14.6.